The number of ether oxygens (including phenoxy) is 2. The van der Waals surface area contributed by atoms with Crippen molar-refractivity contribution in [2.45, 2.75) is 6.18 Å². The van der Waals surface area contributed by atoms with Crippen molar-refractivity contribution >= 4 is 11.7 Å². The van der Waals surface area contributed by atoms with Gasteiger partial charge in [0.25, 0.3) is 5.91 Å². The Morgan fingerprint density at radius 3 is 2.25 bits per heavy atom. The Balaban J connectivity index is 1.68. The lowest BCUT2D eigenvalue weighted by molar-refractivity contribution is -0.141. The molecule has 3 rings (SSSR count). The van der Waals surface area contributed by atoms with Gasteiger partial charge in [-0.25, -0.2) is 0 Å². The van der Waals surface area contributed by atoms with Crippen LogP contribution in [-0.2, 0) is 6.18 Å². The number of methoxy groups -OCH3 is 2. The molecule has 1 amide bonds. The van der Waals surface area contributed by atoms with Gasteiger partial charge < -0.3 is 19.3 Å². The van der Waals surface area contributed by atoms with Crippen molar-refractivity contribution in [1.82, 2.24) is 15.1 Å². The molecule has 1 aliphatic rings. The normalized spacial score (nSPS) is 14.8. The smallest absolute Gasteiger partial charge is 0.435 e. The number of benzene rings is 1. The van der Waals surface area contributed by atoms with Crippen LogP contribution in [0.5, 0.6) is 11.5 Å². The highest BCUT2D eigenvalue weighted by Gasteiger charge is 2.33. The van der Waals surface area contributed by atoms with E-state index in [0.717, 1.165) is 6.07 Å². The third-order valence-electron chi connectivity index (χ3n) is 4.47. The second-order valence-corrected chi connectivity index (χ2v) is 6.09. The Morgan fingerprint density at radius 2 is 1.71 bits per heavy atom. The number of amides is 1. The maximum absolute atomic E-state index is 12.9. The first-order valence-electron chi connectivity index (χ1n) is 8.51. The molecule has 2 heterocycles. The topological polar surface area (TPSA) is 67.8 Å². The van der Waals surface area contributed by atoms with E-state index in [-0.39, 0.29) is 5.91 Å². The summed E-state index contributed by atoms with van der Waals surface area (Å²) >= 11 is 0. The van der Waals surface area contributed by atoms with Crippen molar-refractivity contribution in [2.24, 2.45) is 0 Å². The fraction of sp³-hybridized carbons (Fsp3) is 0.389. The Bertz CT molecular complexity index is 835. The number of nitrogens with zero attached hydrogens (tertiary/aromatic N) is 4. The molecule has 2 aromatic rings. The van der Waals surface area contributed by atoms with Crippen molar-refractivity contribution in [3.63, 3.8) is 0 Å². The summed E-state index contributed by atoms with van der Waals surface area (Å²) < 4.78 is 48.3. The summed E-state index contributed by atoms with van der Waals surface area (Å²) in [4.78, 5) is 16.3. The van der Waals surface area contributed by atoms with Gasteiger partial charge >= 0.3 is 6.18 Å². The van der Waals surface area contributed by atoms with E-state index >= 15 is 0 Å². The molecule has 0 spiro atoms. The number of anilines is 1. The van der Waals surface area contributed by atoms with E-state index in [4.69, 9.17) is 9.47 Å². The molecule has 7 nitrogen and oxygen atoms in total. The van der Waals surface area contributed by atoms with Gasteiger partial charge in [-0.2, -0.15) is 13.2 Å². The average Bonchev–Trinajstić information content (AvgIpc) is 2.72. The van der Waals surface area contributed by atoms with Crippen LogP contribution in [0.4, 0.5) is 19.0 Å². The van der Waals surface area contributed by atoms with Crippen molar-refractivity contribution in [3.8, 4) is 11.5 Å². The number of hydrogen-bond acceptors (Lipinski definition) is 6. The second kappa shape index (κ2) is 7.91. The van der Waals surface area contributed by atoms with Gasteiger partial charge in [0.05, 0.1) is 19.8 Å². The molecule has 150 valence electrons. The number of hydrogen-bond donors (Lipinski definition) is 0. The van der Waals surface area contributed by atoms with Crippen LogP contribution in [0.15, 0.2) is 30.3 Å². The summed E-state index contributed by atoms with van der Waals surface area (Å²) in [5.74, 6) is 0.978. The number of carbonyl (C=O) groups excluding carboxylic acids is 1. The molecule has 1 saturated heterocycles. The Kier molecular flexibility index (Phi) is 5.57. The number of halogens is 3. The molecule has 0 bridgehead atoms. The third kappa shape index (κ3) is 3.95. The maximum Gasteiger partial charge on any atom is 0.435 e. The number of carbonyl (C=O) groups is 1. The first kappa shape index (κ1) is 19.7. The fourth-order valence-corrected chi connectivity index (χ4v) is 3.01. The summed E-state index contributed by atoms with van der Waals surface area (Å²) in [6.45, 7) is 1.64. The molecule has 1 aliphatic heterocycles. The minimum atomic E-state index is -4.52. The van der Waals surface area contributed by atoms with Gasteiger partial charge in [0.15, 0.2) is 23.0 Å². The largest absolute Gasteiger partial charge is 0.493 e. The standard InChI is InChI=1S/C18H19F3N4O3/c1-27-13-5-3-4-12(16(13)28-2)17(26)25-10-8-24(9-11-25)15-7-6-14(22-23-15)18(19,20)21/h3-7H,8-11H2,1-2H3. The van der Waals surface area contributed by atoms with Gasteiger partial charge in [0, 0.05) is 26.2 Å². The van der Waals surface area contributed by atoms with Crippen molar-refractivity contribution in [1.29, 1.82) is 0 Å². The molecule has 0 unspecified atom stereocenters. The highest BCUT2D eigenvalue weighted by Crippen LogP contribution is 2.32. The summed E-state index contributed by atoms with van der Waals surface area (Å²) in [6.07, 6.45) is -4.52. The molecule has 0 N–H and O–H groups in total. The van der Waals surface area contributed by atoms with Crippen molar-refractivity contribution < 1.29 is 27.4 Å². The Morgan fingerprint density at radius 1 is 1.00 bits per heavy atom. The SMILES string of the molecule is COc1cccc(C(=O)N2CCN(c3ccc(C(F)(F)F)nn3)CC2)c1OC. The zero-order valence-corrected chi connectivity index (χ0v) is 15.4. The zero-order valence-electron chi connectivity index (χ0n) is 15.4. The Hall–Kier alpha value is -3.04. The van der Waals surface area contributed by atoms with Crippen LogP contribution in [0.1, 0.15) is 16.1 Å². The predicted molar refractivity (Wildman–Crippen MR) is 94.7 cm³/mol. The first-order chi connectivity index (χ1) is 13.3. The van der Waals surface area contributed by atoms with E-state index in [1.165, 1.54) is 20.3 Å². The lowest BCUT2D eigenvalue weighted by atomic mass is 10.1. The van der Waals surface area contributed by atoms with E-state index in [1.807, 2.05) is 0 Å². The molecule has 28 heavy (non-hydrogen) atoms. The summed E-state index contributed by atoms with van der Waals surface area (Å²) in [7, 11) is 2.96. The quantitative estimate of drug-likeness (QED) is 0.791. The average molecular weight is 396 g/mol. The van der Waals surface area contributed by atoms with Crippen LogP contribution in [-0.4, -0.2) is 61.4 Å². The van der Waals surface area contributed by atoms with E-state index < -0.39 is 11.9 Å². The third-order valence-corrected chi connectivity index (χ3v) is 4.47. The minimum absolute atomic E-state index is 0.200. The molecule has 0 aliphatic carbocycles. The van der Waals surface area contributed by atoms with E-state index in [1.54, 1.807) is 28.0 Å². The summed E-state index contributed by atoms with van der Waals surface area (Å²) in [5, 5.41) is 6.90. The number of para-hydroxylation sites is 1. The molecule has 0 atom stereocenters. The van der Waals surface area contributed by atoms with Gasteiger partial charge in [0.1, 0.15) is 0 Å². The first-order valence-corrected chi connectivity index (χ1v) is 8.51. The van der Waals surface area contributed by atoms with Crippen LogP contribution < -0.4 is 14.4 Å². The highest BCUT2D eigenvalue weighted by molar-refractivity contribution is 5.98. The highest BCUT2D eigenvalue weighted by atomic mass is 19.4. The number of rotatable bonds is 4. The summed E-state index contributed by atoms with van der Waals surface area (Å²) in [6, 6.07) is 7.27. The van der Waals surface area contributed by atoms with Gasteiger partial charge in [0.2, 0.25) is 0 Å². The van der Waals surface area contributed by atoms with Crippen molar-refractivity contribution in [2.75, 3.05) is 45.3 Å². The number of aromatic nitrogens is 2. The van der Waals surface area contributed by atoms with Crippen LogP contribution >= 0.6 is 0 Å². The van der Waals surface area contributed by atoms with Crippen LogP contribution in [0.25, 0.3) is 0 Å². The predicted octanol–water partition coefficient (Wildman–Crippen LogP) is 2.48. The fourth-order valence-electron chi connectivity index (χ4n) is 3.01. The molecule has 1 aromatic carbocycles. The van der Waals surface area contributed by atoms with Gasteiger partial charge in [-0.05, 0) is 24.3 Å². The maximum atomic E-state index is 12.9. The summed E-state index contributed by atoms with van der Waals surface area (Å²) in [5.41, 5.74) is -0.639. The van der Waals surface area contributed by atoms with Gasteiger partial charge in [-0.3, -0.25) is 4.79 Å². The van der Waals surface area contributed by atoms with Crippen LogP contribution in [0.2, 0.25) is 0 Å². The molecule has 10 heteroatoms. The van der Waals surface area contributed by atoms with Gasteiger partial charge in [-0.1, -0.05) is 6.07 Å². The lowest BCUT2D eigenvalue weighted by Crippen LogP contribution is -2.49. The second-order valence-electron chi connectivity index (χ2n) is 6.09. The monoisotopic (exact) mass is 396 g/mol. The van der Waals surface area contributed by atoms with E-state index in [0.29, 0.717) is 49.1 Å². The number of alkyl halides is 3. The van der Waals surface area contributed by atoms with Gasteiger partial charge in [-0.15, -0.1) is 10.2 Å². The number of piperazine rings is 1. The molecular weight excluding hydrogens is 377 g/mol. The molecule has 0 radical (unpaired) electrons. The molecule has 1 aromatic heterocycles. The molecule has 0 saturated carbocycles. The lowest BCUT2D eigenvalue weighted by Gasteiger charge is -2.35. The van der Waals surface area contributed by atoms with Crippen molar-refractivity contribution in [3.05, 3.63) is 41.6 Å². The van der Waals surface area contributed by atoms with E-state index in [9.17, 15) is 18.0 Å². The minimum Gasteiger partial charge on any atom is -0.493 e. The Labute approximate surface area is 159 Å². The molecular formula is C18H19F3N4O3. The van der Waals surface area contributed by atoms with Crippen LogP contribution in [0.3, 0.4) is 0 Å². The van der Waals surface area contributed by atoms with Crippen LogP contribution in [0, 0.1) is 0 Å². The van der Waals surface area contributed by atoms with E-state index in [2.05, 4.69) is 10.2 Å². The zero-order chi connectivity index (χ0) is 20.3. The molecule has 1 fully saturated rings.